The minimum Gasteiger partial charge on any atom is -0.309 e. The molecule has 0 unspecified atom stereocenters. The van der Waals surface area contributed by atoms with Crippen molar-refractivity contribution in [1.82, 2.24) is 4.57 Å². The molecule has 0 amide bonds. The van der Waals surface area contributed by atoms with Crippen molar-refractivity contribution in [3.63, 3.8) is 0 Å². The van der Waals surface area contributed by atoms with E-state index >= 15 is 0 Å². The minimum absolute atomic E-state index is 0.942. The molecule has 0 atom stereocenters. The Morgan fingerprint density at radius 3 is 1.91 bits per heavy atom. The van der Waals surface area contributed by atoms with Crippen LogP contribution in [-0.2, 0) is 0 Å². The van der Waals surface area contributed by atoms with Gasteiger partial charge in [-0.25, -0.2) is 0 Å². The topological polar surface area (TPSA) is 20.3 Å². The summed E-state index contributed by atoms with van der Waals surface area (Å²) in [6.07, 6.45) is 0. The number of amidine groups is 2. The van der Waals surface area contributed by atoms with Crippen LogP contribution in [0.4, 0.5) is 5.69 Å². The Bertz CT molecular complexity index is 3130. The van der Waals surface area contributed by atoms with Gasteiger partial charge in [0.05, 0.1) is 22.2 Å². The van der Waals surface area contributed by atoms with Crippen LogP contribution in [0, 0.1) is 0 Å². The number of para-hydroxylation sites is 1. The summed E-state index contributed by atoms with van der Waals surface area (Å²) in [4.78, 5) is 5.13. The molecule has 1 aliphatic rings. The van der Waals surface area contributed by atoms with Crippen molar-refractivity contribution in [3.05, 3.63) is 205 Å². The second-order valence-corrected chi connectivity index (χ2v) is 14.8. The van der Waals surface area contributed by atoms with E-state index in [-0.39, 0.29) is 0 Å². The van der Waals surface area contributed by atoms with Crippen molar-refractivity contribution in [1.29, 1.82) is 0 Å². The maximum atomic E-state index is 5.13. The lowest BCUT2D eigenvalue weighted by Gasteiger charge is -2.20. The van der Waals surface area contributed by atoms with Gasteiger partial charge in [-0.2, -0.15) is 4.58 Å². The van der Waals surface area contributed by atoms with Gasteiger partial charge in [-0.3, -0.25) is 0 Å². The second kappa shape index (κ2) is 12.4. The van der Waals surface area contributed by atoms with Crippen LogP contribution in [-0.4, -0.2) is 20.8 Å². The molecular weight excluding hydrogens is 675 g/mol. The van der Waals surface area contributed by atoms with E-state index in [1.165, 1.54) is 64.2 Å². The van der Waals surface area contributed by atoms with Gasteiger partial charge in [0.15, 0.2) is 0 Å². The molecular formula is C50H32N3S+. The molecule has 3 heterocycles. The van der Waals surface area contributed by atoms with E-state index < -0.39 is 0 Å². The highest BCUT2D eigenvalue weighted by molar-refractivity contribution is 7.26. The van der Waals surface area contributed by atoms with Crippen LogP contribution in [0.2, 0.25) is 0 Å². The summed E-state index contributed by atoms with van der Waals surface area (Å²) in [6.45, 7) is 0. The van der Waals surface area contributed by atoms with E-state index in [1.54, 1.807) is 0 Å². The molecule has 0 saturated heterocycles. The van der Waals surface area contributed by atoms with E-state index in [4.69, 9.17) is 4.99 Å². The Morgan fingerprint density at radius 2 is 1.07 bits per heavy atom. The molecule has 0 N–H and O–H groups in total. The Labute approximate surface area is 316 Å². The zero-order valence-electron chi connectivity index (χ0n) is 29.2. The van der Waals surface area contributed by atoms with Crippen molar-refractivity contribution < 1.29 is 4.58 Å². The highest BCUT2D eigenvalue weighted by Gasteiger charge is 2.33. The fourth-order valence-electron chi connectivity index (χ4n) is 8.09. The minimum atomic E-state index is 0.942. The second-order valence-electron chi connectivity index (χ2n) is 13.8. The van der Waals surface area contributed by atoms with E-state index in [9.17, 15) is 0 Å². The van der Waals surface area contributed by atoms with Crippen LogP contribution in [0.3, 0.4) is 0 Å². The Morgan fingerprint density at radius 1 is 0.426 bits per heavy atom. The van der Waals surface area contributed by atoms with Gasteiger partial charge in [-0.15, -0.1) is 11.3 Å². The SMILES string of the molecule is c1ccc(C2=NC(c3cccc(-c4ccccc4)c3)=[N+]2c2ccc(-n3c4ccccc4c4cc(-c5cccc6c5sc5ccccc56)ccc43)cc2)cc1. The molecule has 3 nitrogen and oxygen atoms in total. The van der Waals surface area contributed by atoms with Crippen LogP contribution >= 0.6 is 11.3 Å². The number of fused-ring (bicyclic) bond motifs is 6. The lowest BCUT2D eigenvalue weighted by Crippen LogP contribution is -2.34. The first-order valence-electron chi connectivity index (χ1n) is 18.3. The number of nitrogens with zero attached hydrogens (tertiary/aromatic N) is 3. The summed E-state index contributed by atoms with van der Waals surface area (Å²) in [5.41, 5.74) is 11.6. The molecule has 1 aliphatic heterocycles. The molecule has 54 heavy (non-hydrogen) atoms. The van der Waals surface area contributed by atoms with Crippen molar-refractivity contribution in [2.24, 2.45) is 4.99 Å². The molecule has 8 aromatic carbocycles. The molecule has 0 radical (unpaired) electrons. The first kappa shape index (κ1) is 30.7. The smallest absolute Gasteiger partial charge is 0.279 e. The van der Waals surface area contributed by atoms with E-state index in [0.29, 0.717) is 0 Å². The number of thiophene rings is 1. The average molecular weight is 707 g/mol. The van der Waals surface area contributed by atoms with Crippen molar-refractivity contribution in [2.75, 3.05) is 0 Å². The quantitative estimate of drug-likeness (QED) is 0.153. The van der Waals surface area contributed by atoms with E-state index in [0.717, 1.165) is 34.2 Å². The highest BCUT2D eigenvalue weighted by Crippen LogP contribution is 2.42. The number of benzene rings is 8. The first-order chi connectivity index (χ1) is 26.8. The molecule has 2 aromatic heterocycles. The van der Waals surface area contributed by atoms with Crippen molar-refractivity contribution in [2.45, 2.75) is 0 Å². The van der Waals surface area contributed by atoms with Crippen LogP contribution in [0.1, 0.15) is 11.1 Å². The lowest BCUT2D eigenvalue weighted by atomic mass is 10.0. The molecule has 11 rings (SSSR count). The van der Waals surface area contributed by atoms with Gasteiger partial charge in [0, 0.05) is 36.6 Å². The normalized spacial score (nSPS) is 12.9. The van der Waals surface area contributed by atoms with Gasteiger partial charge in [-0.05, 0) is 95.1 Å². The summed E-state index contributed by atoms with van der Waals surface area (Å²) in [6, 6.07) is 69.8. The summed E-state index contributed by atoms with van der Waals surface area (Å²) < 4.78 is 7.35. The van der Waals surface area contributed by atoms with Gasteiger partial charge in [0.1, 0.15) is 5.69 Å². The predicted octanol–water partition coefficient (Wildman–Crippen LogP) is 13.0. The van der Waals surface area contributed by atoms with Gasteiger partial charge < -0.3 is 4.57 Å². The summed E-state index contributed by atoms with van der Waals surface area (Å²) in [7, 11) is 0. The van der Waals surface area contributed by atoms with E-state index in [1.807, 2.05) is 11.3 Å². The standard InChI is InChI=1S/C50H32N3S/c1-3-13-33(14-4-1)35-17-11-18-37(31-35)50-51-49(34-15-5-2-6-16-34)53(50)39-28-26-38(27-29-39)52-45-23-9-7-19-41(45)44-32-36(25-30-46(44)52)40-21-12-22-43-42-20-8-10-24-47(42)54-48(40)43/h1-32H/q+1. The molecule has 10 aromatic rings. The van der Waals surface area contributed by atoms with Gasteiger partial charge >= 0.3 is 0 Å². The number of aromatic nitrogens is 1. The van der Waals surface area contributed by atoms with Crippen molar-refractivity contribution >= 4 is 70.7 Å². The Kier molecular flexibility index (Phi) is 7.04. The number of hydrogen-bond acceptors (Lipinski definition) is 2. The fraction of sp³-hybridized carbons (Fsp3) is 0. The predicted molar refractivity (Wildman–Crippen MR) is 228 cm³/mol. The summed E-state index contributed by atoms with van der Waals surface area (Å²) in [5.74, 6) is 1.89. The van der Waals surface area contributed by atoms with Crippen LogP contribution in [0.5, 0.6) is 0 Å². The zero-order valence-corrected chi connectivity index (χ0v) is 30.0. The molecule has 0 saturated carbocycles. The average Bonchev–Trinajstić information content (AvgIpc) is 3.77. The van der Waals surface area contributed by atoms with Gasteiger partial charge in [0.2, 0.25) is 0 Å². The molecule has 0 fully saturated rings. The Hall–Kier alpha value is -6.88. The number of hydrogen-bond donors (Lipinski definition) is 0. The maximum absolute atomic E-state index is 5.13. The fourth-order valence-corrected chi connectivity index (χ4v) is 9.33. The molecule has 252 valence electrons. The van der Waals surface area contributed by atoms with Crippen LogP contribution in [0.15, 0.2) is 199 Å². The van der Waals surface area contributed by atoms with E-state index in [2.05, 4.69) is 203 Å². The number of aliphatic imine (C=N–C) groups is 1. The highest BCUT2D eigenvalue weighted by atomic mass is 32.1. The third-order valence-corrected chi connectivity index (χ3v) is 11.9. The van der Waals surface area contributed by atoms with Gasteiger partial charge in [-0.1, -0.05) is 126 Å². The molecule has 0 bridgehead atoms. The molecule has 0 aliphatic carbocycles. The molecule has 4 heteroatoms. The summed E-state index contributed by atoms with van der Waals surface area (Å²) in [5, 5.41) is 5.14. The Balaban J connectivity index is 1.02. The monoisotopic (exact) mass is 706 g/mol. The lowest BCUT2D eigenvalue weighted by molar-refractivity contribution is -0.319. The largest absolute Gasteiger partial charge is 0.309 e. The van der Waals surface area contributed by atoms with Crippen molar-refractivity contribution in [3.8, 4) is 27.9 Å². The first-order valence-corrected chi connectivity index (χ1v) is 19.1. The molecule has 0 spiro atoms. The van der Waals surface area contributed by atoms with Gasteiger partial charge in [0.25, 0.3) is 11.7 Å². The van der Waals surface area contributed by atoms with Crippen LogP contribution in [0.25, 0.3) is 69.9 Å². The number of rotatable bonds is 6. The third-order valence-electron chi connectivity index (χ3n) is 10.6. The summed E-state index contributed by atoms with van der Waals surface area (Å²) >= 11 is 1.88. The van der Waals surface area contributed by atoms with Crippen LogP contribution < -0.4 is 0 Å². The maximum Gasteiger partial charge on any atom is 0.279 e. The zero-order chi connectivity index (χ0) is 35.6. The third kappa shape index (κ3) is 4.88.